The third kappa shape index (κ3) is 5.25. The highest BCUT2D eigenvalue weighted by molar-refractivity contribution is 7.50. The number of ether oxygens (including phenoxy) is 1. The first-order chi connectivity index (χ1) is 6.22. The standard InChI is InChI=1S/C8H17O5P/c1-5-8(3,6-2)12-7(9)13-14(4,10)11/h5-6H2,1-4H3,(H,10,11)/p-1. The Labute approximate surface area is 83.9 Å². The third-order valence-electron chi connectivity index (χ3n) is 2.07. The summed E-state index contributed by atoms with van der Waals surface area (Å²) in [5.41, 5.74) is -0.660. The van der Waals surface area contributed by atoms with Crippen molar-refractivity contribution in [2.45, 2.75) is 39.2 Å². The Morgan fingerprint density at radius 3 is 2.14 bits per heavy atom. The molecule has 0 radical (unpaired) electrons. The van der Waals surface area contributed by atoms with E-state index >= 15 is 0 Å². The highest BCUT2D eigenvalue weighted by Crippen LogP contribution is 2.33. The highest BCUT2D eigenvalue weighted by Gasteiger charge is 2.26. The molecule has 1 atom stereocenters. The summed E-state index contributed by atoms with van der Waals surface area (Å²) < 4.78 is 19.6. The van der Waals surface area contributed by atoms with Crippen LogP contribution in [0.5, 0.6) is 0 Å². The average molecular weight is 223 g/mol. The Kier molecular flexibility index (Phi) is 4.62. The molecule has 0 aromatic carbocycles. The molecule has 6 heteroatoms. The molecule has 0 saturated heterocycles. The van der Waals surface area contributed by atoms with Crippen LogP contribution >= 0.6 is 7.60 Å². The molecule has 0 bridgehead atoms. The van der Waals surface area contributed by atoms with E-state index in [2.05, 4.69) is 4.52 Å². The van der Waals surface area contributed by atoms with Gasteiger partial charge in [-0.05, 0) is 19.8 Å². The molecule has 0 fully saturated rings. The molecular weight excluding hydrogens is 207 g/mol. The van der Waals surface area contributed by atoms with Gasteiger partial charge in [-0.2, -0.15) is 0 Å². The fourth-order valence-electron chi connectivity index (χ4n) is 0.750. The van der Waals surface area contributed by atoms with Crippen LogP contribution in [0.25, 0.3) is 0 Å². The molecule has 84 valence electrons. The smallest absolute Gasteiger partial charge is 0.513 e. The zero-order valence-electron chi connectivity index (χ0n) is 8.90. The maximum atomic E-state index is 11.0. The molecule has 0 amide bonds. The molecule has 0 aliphatic carbocycles. The van der Waals surface area contributed by atoms with Gasteiger partial charge in [-0.1, -0.05) is 13.8 Å². The molecule has 0 aliphatic heterocycles. The highest BCUT2D eigenvalue weighted by atomic mass is 31.2. The lowest BCUT2D eigenvalue weighted by Crippen LogP contribution is -2.30. The third-order valence-corrected chi connectivity index (χ3v) is 2.55. The first kappa shape index (κ1) is 13.5. The molecule has 0 saturated carbocycles. The van der Waals surface area contributed by atoms with Gasteiger partial charge < -0.3 is 14.2 Å². The Bertz CT molecular complexity index is 240. The van der Waals surface area contributed by atoms with Crippen molar-refractivity contribution in [3.63, 3.8) is 0 Å². The van der Waals surface area contributed by atoms with Crippen molar-refractivity contribution >= 4 is 13.8 Å². The van der Waals surface area contributed by atoms with Gasteiger partial charge in [0.2, 0.25) is 0 Å². The molecule has 14 heavy (non-hydrogen) atoms. The molecule has 1 unspecified atom stereocenters. The van der Waals surface area contributed by atoms with Crippen LogP contribution in [0.3, 0.4) is 0 Å². The van der Waals surface area contributed by atoms with E-state index in [1.165, 1.54) is 0 Å². The number of rotatable bonds is 4. The second kappa shape index (κ2) is 4.80. The van der Waals surface area contributed by atoms with Crippen molar-refractivity contribution in [1.29, 1.82) is 0 Å². The molecule has 0 aliphatic rings. The second-order valence-electron chi connectivity index (χ2n) is 3.37. The minimum atomic E-state index is -4.05. The molecular formula is C8H16O5P-. The molecule has 0 aromatic heterocycles. The van der Waals surface area contributed by atoms with Crippen LogP contribution in [0.15, 0.2) is 0 Å². The number of hydrogen-bond donors (Lipinski definition) is 0. The van der Waals surface area contributed by atoms with Crippen molar-refractivity contribution in [2.24, 2.45) is 0 Å². The van der Waals surface area contributed by atoms with Crippen LogP contribution in [0, 0.1) is 0 Å². The zero-order valence-corrected chi connectivity index (χ0v) is 9.80. The first-order valence-electron chi connectivity index (χ1n) is 4.43. The second-order valence-corrected chi connectivity index (χ2v) is 5.10. The Balaban J connectivity index is 4.25. The van der Waals surface area contributed by atoms with Crippen LogP contribution in [-0.2, 0) is 13.8 Å². The Morgan fingerprint density at radius 1 is 1.43 bits per heavy atom. The van der Waals surface area contributed by atoms with Gasteiger partial charge in [-0.25, -0.2) is 4.79 Å². The maximum absolute atomic E-state index is 11.0. The molecule has 0 aromatic rings. The summed E-state index contributed by atoms with van der Waals surface area (Å²) in [5.74, 6) is 0. The normalized spacial score (nSPS) is 15.8. The van der Waals surface area contributed by atoms with Gasteiger partial charge in [0.15, 0.2) is 7.60 Å². The van der Waals surface area contributed by atoms with Crippen molar-refractivity contribution in [3.8, 4) is 0 Å². The van der Waals surface area contributed by atoms with Crippen LogP contribution in [0.1, 0.15) is 33.6 Å². The lowest BCUT2D eigenvalue weighted by Gasteiger charge is -2.27. The number of hydrogen-bond acceptors (Lipinski definition) is 5. The van der Waals surface area contributed by atoms with Gasteiger partial charge in [0.1, 0.15) is 5.60 Å². The Morgan fingerprint density at radius 2 is 1.86 bits per heavy atom. The minimum Gasteiger partial charge on any atom is -0.769 e. The van der Waals surface area contributed by atoms with E-state index < -0.39 is 19.4 Å². The lowest BCUT2D eigenvalue weighted by molar-refractivity contribution is -0.194. The van der Waals surface area contributed by atoms with E-state index in [0.717, 1.165) is 6.66 Å². The van der Waals surface area contributed by atoms with Gasteiger partial charge in [0.05, 0.1) is 0 Å². The fraction of sp³-hybridized carbons (Fsp3) is 0.875. The average Bonchev–Trinajstić information content (AvgIpc) is 2.00. The van der Waals surface area contributed by atoms with Gasteiger partial charge in [-0.3, -0.25) is 4.57 Å². The summed E-state index contributed by atoms with van der Waals surface area (Å²) in [6, 6.07) is 0. The maximum Gasteiger partial charge on any atom is 0.513 e. The molecule has 0 rings (SSSR count). The van der Waals surface area contributed by atoms with Crippen LogP contribution in [0.4, 0.5) is 4.79 Å². The van der Waals surface area contributed by atoms with Crippen molar-refractivity contribution in [2.75, 3.05) is 6.66 Å². The van der Waals surface area contributed by atoms with E-state index in [1.54, 1.807) is 6.92 Å². The summed E-state index contributed by atoms with van der Waals surface area (Å²) in [6.07, 6.45) is 0.0498. The van der Waals surface area contributed by atoms with E-state index in [1.807, 2.05) is 13.8 Å². The predicted octanol–water partition coefficient (Wildman–Crippen LogP) is 1.90. The van der Waals surface area contributed by atoms with E-state index in [4.69, 9.17) is 4.74 Å². The van der Waals surface area contributed by atoms with Gasteiger partial charge in [0.25, 0.3) is 0 Å². The first-order valence-corrected chi connectivity index (χ1v) is 6.42. The molecule has 5 nitrogen and oxygen atoms in total. The van der Waals surface area contributed by atoms with E-state index in [9.17, 15) is 14.3 Å². The quantitative estimate of drug-likeness (QED) is 0.537. The van der Waals surface area contributed by atoms with Crippen LogP contribution in [-0.4, -0.2) is 18.4 Å². The summed E-state index contributed by atoms with van der Waals surface area (Å²) in [7, 11) is -4.05. The van der Waals surface area contributed by atoms with Crippen molar-refractivity contribution in [3.05, 3.63) is 0 Å². The summed E-state index contributed by atoms with van der Waals surface area (Å²) >= 11 is 0. The zero-order chi connectivity index (χ0) is 11.4. The molecule has 0 spiro atoms. The van der Waals surface area contributed by atoms with E-state index in [-0.39, 0.29) is 0 Å². The fourth-order valence-corrected chi connectivity index (χ4v) is 1.06. The summed E-state index contributed by atoms with van der Waals surface area (Å²) in [4.78, 5) is 21.6. The number of carbonyl (C=O) groups excluding carboxylic acids is 1. The van der Waals surface area contributed by atoms with Crippen molar-refractivity contribution < 1.29 is 23.5 Å². The van der Waals surface area contributed by atoms with Crippen LogP contribution in [0.2, 0.25) is 0 Å². The summed E-state index contributed by atoms with van der Waals surface area (Å²) in [6.45, 7) is 6.24. The number of carbonyl (C=O) groups is 1. The van der Waals surface area contributed by atoms with Crippen LogP contribution < -0.4 is 4.89 Å². The SMILES string of the molecule is CCC(C)(CC)OC(=O)OP(C)(=O)[O-]. The monoisotopic (exact) mass is 223 g/mol. The minimum absolute atomic E-state index is 0.603. The largest absolute Gasteiger partial charge is 0.769 e. The summed E-state index contributed by atoms with van der Waals surface area (Å²) in [5, 5.41) is 0. The van der Waals surface area contributed by atoms with Gasteiger partial charge in [-0.15, -0.1) is 0 Å². The van der Waals surface area contributed by atoms with Crippen molar-refractivity contribution in [1.82, 2.24) is 0 Å². The Hall–Kier alpha value is -0.540. The molecule has 0 N–H and O–H groups in total. The molecule has 0 heterocycles. The lowest BCUT2D eigenvalue weighted by atomic mass is 10.0. The van der Waals surface area contributed by atoms with E-state index in [0.29, 0.717) is 12.8 Å². The predicted molar refractivity (Wildman–Crippen MR) is 50.1 cm³/mol. The van der Waals surface area contributed by atoms with Gasteiger partial charge in [0, 0.05) is 6.66 Å². The topological polar surface area (TPSA) is 75.7 Å². The van der Waals surface area contributed by atoms with Gasteiger partial charge >= 0.3 is 6.16 Å².